The lowest BCUT2D eigenvalue weighted by atomic mass is 9.86. The highest BCUT2D eigenvalue weighted by molar-refractivity contribution is 6.24. The van der Waals surface area contributed by atoms with E-state index in [2.05, 4.69) is 10.6 Å². The first-order valence-corrected chi connectivity index (χ1v) is 3.52. The molecule has 11 heavy (non-hydrogen) atoms. The average Bonchev–Trinajstić information content (AvgIpc) is 2.01. The average molecular weight is 149 g/mol. The summed E-state index contributed by atoms with van der Waals surface area (Å²) in [4.78, 5) is 0. The number of hydrogen-bond acceptors (Lipinski definition) is 3. The Kier molecular flexibility index (Phi) is 2.24. The zero-order valence-electron chi connectivity index (χ0n) is 6.81. The number of allylic oxidation sites excluding steroid dienone is 2. The molecular formula is C7H12BN3. The van der Waals surface area contributed by atoms with E-state index in [9.17, 15) is 0 Å². The lowest BCUT2D eigenvalue weighted by Crippen LogP contribution is -2.44. The van der Waals surface area contributed by atoms with Gasteiger partial charge in [-0.1, -0.05) is 5.47 Å². The molecule has 1 rings (SSSR count). The Hall–Kier alpha value is -0.895. The van der Waals surface area contributed by atoms with Gasteiger partial charge >= 0.3 is 0 Å². The molecule has 4 heteroatoms. The van der Waals surface area contributed by atoms with E-state index in [1.807, 2.05) is 14.0 Å². The summed E-state index contributed by atoms with van der Waals surface area (Å²) in [5.74, 6) is 0. The summed E-state index contributed by atoms with van der Waals surface area (Å²) in [5.41, 5.74) is 8.16. The number of nitrogens with two attached hydrogens (primary N) is 1. The Labute approximate surface area is 68.1 Å². The molecule has 1 aliphatic rings. The molecule has 0 aromatic rings. The molecule has 0 aromatic heterocycles. The topological polar surface area (TPSA) is 50.1 Å². The van der Waals surface area contributed by atoms with Crippen molar-refractivity contribution in [2.75, 3.05) is 7.05 Å². The van der Waals surface area contributed by atoms with Gasteiger partial charge in [0.2, 0.25) is 0 Å². The fourth-order valence-corrected chi connectivity index (χ4v) is 0.993. The Morgan fingerprint density at radius 2 is 2.36 bits per heavy atom. The third-order valence-corrected chi connectivity index (χ3v) is 1.87. The molecule has 3 nitrogen and oxygen atoms in total. The van der Waals surface area contributed by atoms with Crippen LogP contribution in [0.25, 0.3) is 0 Å². The monoisotopic (exact) mass is 149 g/mol. The molecule has 0 aromatic carbocycles. The largest absolute Gasteiger partial charge is 0.399 e. The molecule has 58 valence electrons. The minimum atomic E-state index is 0.0160. The fourth-order valence-electron chi connectivity index (χ4n) is 0.993. The van der Waals surface area contributed by atoms with Crippen molar-refractivity contribution in [2.45, 2.75) is 13.1 Å². The minimum absolute atomic E-state index is 0.0160. The van der Waals surface area contributed by atoms with Crippen LogP contribution in [0.3, 0.4) is 0 Å². The number of rotatable bonds is 1. The van der Waals surface area contributed by atoms with E-state index in [4.69, 9.17) is 13.6 Å². The van der Waals surface area contributed by atoms with Crippen LogP contribution in [0.5, 0.6) is 0 Å². The van der Waals surface area contributed by atoms with Crippen molar-refractivity contribution in [1.29, 1.82) is 0 Å². The van der Waals surface area contributed by atoms with Crippen LogP contribution in [0.1, 0.15) is 6.92 Å². The van der Waals surface area contributed by atoms with Gasteiger partial charge in [0.15, 0.2) is 0 Å². The van der Waals surface area contributed by atoms with Gasteiger partial charge in [-0.15, -0.1) is 0 Å². The molecule has 1 unspecified atom stereocenters. The van der Waals surface area contributed by atoms with Gasteiger partial charge in [0.05, 0.1) is 0 Å². The maximum Gasteiger partial charge on any atom is 0.117 e. The molecule has 0 saturated heterocycles. The Morgan fingerprint density at radius 1 is 1.73 bits per heavy atom. The van der Waals surface area contributed by atoms with Gasteiger partial charge in [-0.3, -0.25) is 5.32 Å². The van der Waals surface area contributed by atoms with Crippen molar-refractivity contribution in [3.63, 3.8) is 0 Å². The van der Waals surface area contributed by atoms with E-state index in [1.165, 1.54) is 0 Å². The second kappa shape index (κ2) is 3.01. The van der Waals surface area contributed by atoms with E-state index in [-0.39, 0.29) is 6.17 Å². The predicted octanol–water partition coefficient (Wildman–Crippen LogP) is -0.622. The molecule has 0 amide bonds. The molecule has 4 N–H and O–H groups in total. The van der Waals surface area contributed by atoms with Crippen LogP contribution in [0.2, 0.25) is 0 Å². The molecule has 1 heterocycles. The van der Waals surface area contributed by atoms with E-state index in [1.54, 1.807) is 6.20 Å². The molecule has 2 radical (unpaired) electrons. The third kappa shape index (κ3) is 1.40. The molecule has 0 aliphatic carbocycles. The molecule has 0 fully saturated rings. The van der Waals surface area contributed by atoms with Crippen LogP contribution in [0.15, 0.2) is 22.9 Å². The summed E-state index contributed by atoms with van der Waals surface area (Å²) in [6.07, 6.45) is 1.77. The molecule has 1 atom stereocenters. The summed E-state index contributed by atoms with van der Waals surface area (Å²) in [5, 5.41) is 6.03. The first-order valence-electron chi connectivity index (χ1n) is 3.52. The molecule has 1 aliphatic heterocycles. The number of hydrogen-bond donors (Lipinski definition) is 3. The maximum absolute atomic E-state index is 5.76. The van der Waals surface area contributed by atoms with Crippen molar-refractivity contribution in [3.05, 3.63) is 22.9 Å². The van der Waals surface area contributed by atoms with Crippen LogP contribution in [-0.4, -0.2) is 21.1 Å². The van der Waals surface area contributed by atoms with Gasteiger partial charge in [0, 0.05) is 5.70 Å². The second-order valence-corrected chi connectivity index (χ2v) is 2.57. The summed E-state index contributed by atoms with van der Waals surface area (Å²) in [6.45, 7) is 1.91. The van der Waals surface area contributed by atoms with Crippen LogP contribution in [-0.2, 0) is 0 Å². The lowest BCUT2D eigenvalue weighted by Gasteiger charge is -2.24. The van der Waals surface area contributed by atoms with E-state index >= 15 is 0 Å². The first-order chi connectivity index (χ1) is 5.16. The van der Waals surface area contributed by atoms with E-state index < -0.39 is 0 Å². The second-order valence-electron chi connectivity index (χ2n) is 2.57. The van der Waals surface area contributed by atoms with Gasteiger partial charge in [-0.25, -0.2) is 0 Å². The summed E-state index contributed by atoms with van der Waals surface area (Å²) >= 11 is 0. The van der Waals surface area contributed by atoms with Crippen molar-refractivity contribution >= 4 is 7.85 Å². The van der Waals surface area contributed by atoms with Crippen LogP contribution in [0, 0.1) is 0 Å². The summed E-state index contributed by atoms with van der Waals surface area (Å²) < 4.78 is 0. The zero-order valence-corrected chi connectivity index (χ0v) is 6.81. The highest BCUT2D eigenvalue weighted by Gasteiger charge is 2.14. The number of likely N-dealkylation sites (N-methyl/N-ethyl adjacent to an activating group) is 1. The van der Waals surface area contributed by atoms with Gasteiger partial charge in [0.25, 0.3) is 0 Å². The highest BCUT2D eigenvalue weighted by Crippen LogP contribution is 2.13. The number of dihydropyridines is 1. The Morgan fingerprint density at radius 3 is 2.91 bits per heavy atom. The lowest BCUT2D eigenvalue weighted by molar-refractivity contribution is 0.564. The summed E-state index contributed by atoms with van der Waals surface area (Å²) in [7, 11) is 7.46. The first kappa shape index (κ1) is 8.20. The van der Waals surface area contributed by atoms with Gasteiger partial charge < -0.3 is 11.1 Å². The van der Waals surface area contributed by atoms with Crippen molar-refractivity contribution < 1.29 is 0 Å². The predicted molar refractivity (Wildman–Crippen MR) is 46.7 cm³/mol. The maximum atomic E-state index is 5.76. The van der Waals surface area contributed by atoms with Gasteiger partial charge in [0.1, 0.15) is 14.0 Å². The Bertz CT molecular complexity index is 220. The smallest absolute Gasteiger partial charge is 0.117 e. The molecule has 0 spiro atoms. The van der Waals surface area contributed by atoms with Crippen molar-refractivity contribution in [2.24, 2.45) is 5.73 Å². The highest BCUT2D eigenvalue weighted by atomic mass is 15.1. The van der Waals surface area contributed by atoms with Crippen LogP contribution >= 0.6 is 0 Å². The minimum Gasteiger partial charge on any atom is -0.399 e. The SMILES string of the molecule is [B]C1=CNC(NC)C(N)=C1C. The van der Waals surface area contributed by atoms with Crippen molar-refractivity contribution in [1.82, 2.24) is 10.6 Å². The number of nitrogens with one attached hydrogen (secondary N) is 2. The van der Waals surface area contributed by atoms with E-state index in [0.29, 0.717) is 5.47 Å². The molecule has 0 saturated carbocycles. The zero-order chi connectivity index (χ0) is 8.43. The standard InChI is InChI=1S/C7H12BN3/c1-4-5(8)3-11-7(10-2)6(4)9/h3,7,10-11H,9H2,1-2H3. The normalized spacial score (nSPS) is 24.5. The quantitative estimate of drug-likeness (QED) is 0.435. The molecular weight excluding hydrogens is 137 g/mol. The Balaban J connectivity index is 2.88. The third-order valence-electron chi connectivity index (χ3n) is 1.87. The van der Waals surface area contributed by atoms with Crippen molar-refractivity contribution in [3.8, 4) is 0 Å². The fraction of sp³-hybridized carbons (Fsp3) is 0.429. The molecule has 0 bridgehead atoms. The summed E-state index contributed by atoms with van der Waals surface area (Å²) in [6, 6.07) is 0. The van der Waals surface area contributed by atoms with Gasteiger partial charge in [-0.2, -0.15) is 0 Å². The van der Waals surface area contributed by atoms with E-state index in [0.717, 1.165) is 11.3 Å². The van der Waals surface area contributed by atoms with Gasteiger partial charge in [-0.05, 0) is 25.7 Å². The van der Waals surface area contributed by atoms with Crippen LogP contribution < -0.4 is 16.4 Å². The van der Waals surface area contributed by atoms with Crippen LogP contribution in [0.4, 0.5) is 0 Å².